The van der Waals surface area contributed by atoms with Crippen molar-refractivity contribution in [2.45, 2.75) is 19.9 Å². The number of carbonyl (C=O) groups is 2. The molecule has 162 valence electrons. The number of para-hydroxylation sites is 1. The lowest BCUT2D eigenvalue weighted by Gasteiger charge is -2.25. The number of benzene rings is 2. The largest absolute Gasteiger partial charge is 0.457 e. The van der Waals surface area contributed by atoms with E-state index >= 15 is 0 Å². The normalized spacial score (nSPS) is 13.1. The number of primary amides is 1. The Morgan fingerprint density at radius 3 is 2.58 bits per heavy atom. The van der Waals surface area contributed by atoms with Crippen molar-refractivity contribution in [3.05, 3.63) is 76.2 Å². The van der Waals surface area contributed by atoms with Crippen LogP contribution in [0.15, 0.2) is 54.6 Å². The van der Waals surface area contributed by atoms with Gasteiger partial charge in [-0.1, -0.05) is 31.2 Å². The highest BCUT2D eigenvalue weighted by atomic mass is 35.5. The minimum Gasteiger partial charge on any atom is -0.457 e. The van der Waals surface area contributed by atoms with Gasteiger partial charge in [0.2, 0.25) is 0 Å². The number of rotatable bonds is 6. The van der Waals surface area contributed by atoms with Crippen molar-refractivity contribution >= 4 is 40.6 Å². The maximum atomic E-state index is 12.9. The third-order valence-corrected chi connectivity index (χ3v) is 6.26. The molecule has 0 bridgehead atoms. The molecule has 2 amide bonds. The van der Waals surface area contributed by atoms with Gasteiger partial charge in [-0.2, -0.15) is 0 Å². The Morgan fingerprint density at radius 1 is 1.13 bits per heavy atom. The summed E-state index contributed by atoms with van der Waals surface area (Å²) >= 11 is 1.43. The molecule has 0 aliphatic carbocycles. The molecule has 4 rings (SSSR count). The molecule has 0 atom stereocenters. The quantitative estimate of drug-likeness (QED) is 0.562. The van der Waals surface area contributed by atoms with Gasteiger partial charge in [0.15, 0.2) is 0 Å². The number of likely N-dealkylation sites (N-methyl/N-ethyl adjacent to an activating group) is 1. The molecule has 6 nitrogen and oxygen atoms in total. The number of fused-ring (bicyclic) bond motifs is 1. The topological polar surface area (TPSA) is 84.7 Å². The van der Waals surface area contributed by atoms with E-state index in [1.54, 1.807) is 24.3 Å². The molecule has 0 fully saturated rings. The molecule has 1 aliphatic heterocycles. The SMILES string of the molecule is CCN1CCc2c(sc(NC(=O)c3cccc(Oc4ccccc4)c3)c2C(N)=O)C1.Cl. The Labute approximate surface area is 191 Å². The van der Waals surface area contributed by atoms with Gasteiger partial charge in [0.05, 0.1) is 5.56 Å². The van der Waals surface area contributed by atoms with Crippen LogP contribution in [0.5, 0.6) is 11.5 Å². The fourth-order valence-electron chi connectivity index (χ4n) is 3.58. The van der Waals surface area contributed by atoms with Crippen LogP contribution in [0.1, 0.15) is 38.1 Å². The number of anilines is 1. The van der Waals surface area contributed by atoms with E-state index in [4.69, 9.17) is 10.5 Å². The zero-order valence-corrected chi connectivity index (χ0v) is 18.7. The van der Waals surface area contributed by atoms with Crippen molar-refractivity contribution in [2.75, 3.05) is 18.4 Å². The molecule has 0 saturated carbocycles. The average molecular weight is 458 g/mol. The van der Waals surface area contributed by atoms with Crippen LogP contribution >= 0.6 is 23.7 Å². The number of thiophene rings is 1. The maximum absolute atomic E-state index is 12.9. The first-order valence-electron chi connectivity index (χ1n) is 9.86. The number of amides is 2. The third-order valence-electron chi connectivity index (χ3n) is 5.13. The van der Waals surface area contributed by atoms with E-state index in [9.17, 15) is 9.59 Å². The Hall–Kier alpha value is -2.87. The van der Waals surface area contributed by atoms with Crippen LogP contribution in [-0.2, 0) is 13.0 Å². The number of hydrogen-bond acceptors (Lipinski definition) is 5. The molecule has 3 aromatic rings. The summed E-state index contributed by atoms with van der Waals surface area (Å²) in [6.45, 7) is 4.71. The summed E-state index contributed by atoms with van der Waals surface area (Å²) in [6.07, 6.45) is 0.758. The zero-order valence-electron chi connectivity index (χ0n) is 17.1. The molecule has 31 heavy (non-hydrogen) atoms. The number of nitrogens with one attached hydrogen (secondary N) is 1. The first-order valence-corrected chi connectivity index (χ1v) is 10.7. The van der Waals surface area contributed by atoms with Crippen LogP contribution in [-0.4, -0.2) is 29.8 Å². The minimum atomic E-state index is -0.506. The lowest BCUT2D eigenvalue weighted by atomic mass is 10.0. The van der Waals surface area contributed by atoms with Crippen molar-refractivity contribution in [1.29, 1.82) is 0 Å². The molecular weight excluding hydrogens is 434 g/mol. The van der Waals surface area contributed by atoms with Gasteiger partial charge in [0.25, 0.3) is 11.8 Å². The van der Waals surface area contributed by atoms with Crippen LogP contribution in [0.25, 0.3) is 0 Å². The van der Waals surface area contributed by atoms with Crippen LogP contribution in [0.3, 0.4) is 0 Å². The van der Waals surface area contributed by atoms with E-state index in [1.807, 2.05) is 30.3 Å². The van der Waals surface area contributed by atoms with E-state index < -0.39 is 5.91 Å². The lowest BCUT2D eigenvalue weighted by Crippen LogP contribution is -2.30. The molecule has 1 aromatic heterocycles. The van der Waals surface area contributed by atoms with Crippen LogP contribution in [0, 0.1) is 0 Å². The van der Waals surface area contributed by atoms with Gasteiger partial charge >= 0.3 is 0 Å². The highest BCUT2D eigenvalue weighted by molar-refractivity contribution is 7.17. The van der Waals surface area contributed by atoms with Gasteiger partial charge < -0.3 is 15.8 Å². The number of nitrogens with two attached hydrogens (primary N) is 1. The molecular formula is C23H24ClN3O3S. The molecule has 0 unspecified atom stereocenters. The molecule has 3 N–H and O–H groups in total. The maximum Gasteiger partial charge on any atom is 0.256 e. The van der Waals surface area contributed by atoms with Crippen LogP contribution in [0.4, 0.5) is 5.00 Å². The molecule has 1 aliphatic rings. The zero-order chi connectivity index (χ0) is 21.1. The highest BCUT2D eigenvalue weighted by Gasteiger charge is 2.27. The third kappa shape index (κ3) is 5.07. The fourth-order valence-corrected chi connectivity index (χ4v) is 4.87. The van der Waals surface area contributed by atoms with Crippen molar-refractivity contribution < 1.29 is 14.3 Å². The van der Waals surface area contributed by atoms with Crippen LogP contribution in [0.2, 0.25) is 0 Å². The molecule has 8 heteroatoms. The molecule has 0 spiro atoms. The highest BCUT2D eigenvalue weighted by Crippen LogP contribution is 2.37. The second-order valence-electron chi connectivity index (χ2n) is 7.09. The summed E-state index contributed by atoms with van der Waals surface area (Å²) in [7, 11) is 0. The molecule has 0 saturated heterocycles. The van der Waals surface area contributed by atoms with Crippen molar-refractivity contribution in [2.24, 2.45) is 5.73 Å². The molecule has 2 heterocycles. The Morgan fingerprint density at radius 2 is 1.87 bits per heavy atom. The monoisotopic (exact) mass is 457 g/mol. The second kappa shape index (κ2) is 9.96. The van der Waals surface area contributed by atoms with Gasteiger partial charge in [-0.25, -0.2) is 0 Å². The Kier molecular flexibility index (Phi) is 7.33. The van der Waals surface area contributed by atoms with Gasteiger partial charge in [-0.3, -0.25) is 14.5 Å². The van der Waals surface area contributed by atoms with E-state index in [0.29, 0.717) is 27.6 Å². The predicted octanol–water partition coefficient (Wildman–Crippen LogP) is 4.69. The second-order valence-corrected chi connectivity index (χ2v) is 8.19. The van der Waals surface area contributed by atoms with Gasteiger partial charge in [-0.15, -0.1) is 23.7 Å². The predicted molar refractivity (Wildman–Crippen MR) is 126 cm³/mol. The summed E-state index contributed by atoms with van der Waals surface area (Å²) in [5.41, 5.74) is 7.51. The van der Waals surface area contributed by atoms with Crippen molar-refractivity contribution in [3.63, 3.8) is 0 Å². The Balaban J connectivity index is 0.00000272. The van der Waals surface area contributed by atoms with E-state index in [-0.39, 0.29) is 18.3 Å². The van der Waals surface area contributed by atoms with E-state index in [1.165, 1.54) is 11.3 Å². The number of hydrogen-bond donors (Lipinski definition) is 2. The van der Waals surface area contributed by atoms with Gasteiger partial charge in [-0.05, 0) is 48.9 Å². The number of carbonyl (C=O) groups excluding carboxylic acids is 2. The van der Waals surface area contributed by atoms with Crippen molar-refractivity contribution in [1.82, 2.24) is 4.90 Å². The summed E-state index contributed by atoms with van der Waals surface area (Å²) in [5, 5.41) is 3.41. The lowest BCUT2D eigenvalue weighted by molar-refractivity contribution is 0.1000. The summed E-state index contributed by atoms with van der Waals surface area (Å²) < 4.78 is 5.81. The number of ether oxygens (including phenoxy) is 1. The smallest absolute Gasteiger partial charge is 0.256 e. The van der Waals surface area contributed by atoms with E-state index in [2.05, 4.69) is 17.1 Å². The average Bonchev–Trinajstić information content (AvgIpc) is 3.11. The first-order chi connectivity index (χ1) is 14.5. The van der Waals surface area contributed by atoms with Crippen molar-refractivity contribution in [3.8, 4) is 11.5 Å². The Bertz CT molecular complexity index is 1080. The van der Waals surface area contributed by atoms with Gasteiger partial charge in [0, 0.05) is 23.5 Å². The van der Waals surface area contributed by atoms with Crippen LogP contribution < -0.4 is 15.8 Å². The summed E-state index contributed by atoms with van der Waals surface area (Å²) in [4.78, 5) is 28.4. The fraction of sp³-hybridized carbons (Fsp3) is 0.217. The summed E-state index contributed by atoms with van der Waals surface area (Å²) in [6, 6.07) is 16.3. The summed E-state index contributed by atoms with van der Waals surface area (Å²) in [5.74, 6) is 0.446. The molecule has 0 radical (unpaired) electrons. The number of halogens is 1. The number of nitrogens with zero attached hydrogens (tertiary/aromatic N) is 1. The van der Waals surface area contributed by atoms with E-state index in [0.717, 1.165) is 36.5 Å². The molecule has 2 aromatic carbocycles. The first kappa shape index (κ1) is 22.8. The van der Waals surface area contributed by atoms with Gasteiger partial charge in [0.1, 0.15) is 16.5 Å². The standard InChI is InChI=1S/C23H23N3O3S.ClH/c1-2-26-12-11-18-19(14-26)30-23(20(18)21(24)27)25-22(28)15-7-6-10-17(13-15)29-16-8-4-3-5-9-16;/h3-10,13H,2,11-12,14H2,1H3,(H2,24,27)(H,25,28);1H. The minimum absolute atomic E-state index is 0.